The molecule has 0 aromatic heterocycles. The van der Waals surface area contributed by atoms with Crippen LogP contribution in [0, 0.1) is 5.82 Å². The lowest BCUT2D eigenvalue weighted by Gasteiger charge is -2.27. The highest BCUT2D eigenvalue weighted by Crippen LogP contribution is 2.23. The molecular weight excluding hydrogens is 261 g/mol. The van der Waals surface area contributed by atoms with Gasteiger partial charge in [0, 0.05) is 13.0 Å². The van der Waals surface area contributed by atoms with Gasteiger partial charge in [-0.25, -0.2) is 9.18 Å². The number of carbonyl (C=O) groups is 2. The van der Waals surface area contributed by atoms with Gasteiger partial charge in [-0.1, -0.05) is 12.1 Å². The topological polar surface area (TPSA) is 55.4 Å². The third-order valence-corrected chi connectivity index (χ3v) is 2.72. The lowest BCUT2D eigenvalue weighted by atomic mass is 9.91. The molecule has 0 fully saturated rings. The van der Waals surface area contributed by atoms with Gasteiger partial charge in [-0.15, -0.1) is 0 Å². The zero-order valence-electron chi connectivity index (χ0n) is 11.8. The molecule has 1 atom stereocenters. The van der Waals surface area contributed by atoms with Gasteiger partial charge in [-0.3, -0.25) is 4.79 Å². The molecule has 0 saturated carbocycles. The first kappa shape index (κ1) is 15.9. The van der Waals surface area contributed by atoms with Gasteiger partial charge < -0.3 is 10.1 Å². The maximum Gasteiger partial charge on any atom is 0.330 e. The predicted molar refractivity (Wildman–Crippen MR) is 73.3 cm³/mol. The van der Waals surface area contributed by atoms with E-state index in [1.165, 1.54) is 31.2 Å². The zero-order chi connectivity index (χ0) is 15.2. The molecule has 4 nitrogen and oxygen atoms in total. The number of amides is 1. The number of carbonyl (C=O) groups excluding carboxylic acids is 2. The lowest BCUT2D eigenvalue weighted by molar-refractivity contribution is -0.137. The van der Waals surface area contributed by atoms with Crippen molar-refractivity contribution in [1.82, 2.24) is 5.32 Å². The van der Waals surface area contributed by atoms with Crippen molar-refractivity contribution in [2.24, 2.45) is 0 Å². The second-order valence-electron chi connectivity index (χ2n) is 4.48. The SMILES string of the molecule is CCOC(=O)/C=C/C(C)(NC(C)=O)c1ccc(F)cc1. The minimum absolute atomic E-state index is 0.259. The van der Waals surface area contributed by atoms with Crippen LogP contribution >= 0.6 is 0 Å². The Bertz CT molecular complexity index is 510. The van der Waals surface area contributed by atoms with E-state index in [0.717, 1.165) is 0 Å². The van der Waals surface area contributed by atoms with Gasteiger partial charge >= 0.3 is 5.97 Å². The maximum absolute atomic E-state index is 13.0. The van der Waals surface area contributed by atoms with Gasteiger partial charge in [-0.05, 0) is 37.6 Å². The monoisotopic (exact) mass is 279 g/mol. The van der Waals surface area contributed by atoms with Crippen molar-refractivity contribution in [3.8, 4) is 0 Å². The Morgan fingerprint density at radius 2 is 1.95 bits per heavy atom. The number of hydrogen-bond donors (Lipinski definition) is 1. The van der Waals surface area contributed by atoms with Crippen LogP contribution in [-0.4, -0.2) is 18.5 Å². The number of nitrogens with one attached hydrogen (secondary N) is 1. The molecule has 0 saturated heterocycles. The van der Waals surface area contributed by atoms with Crippen LogP contribution in [0.4, 0.5) is 4.39 Å². The largest absolute Gasteiger partial charge is 0.463 e. The molecule has 1 rings (SSSR count). The molecule has 0 aliphatic rings. The summed E-state index contributed by atoms with van der Waals surface area (Å²) in [7, 11) is 0. The molecule has 1 aromatic rings. The highest BCUT2D eigenvalue weighted by atomic mass is 19.1. The zero-order valence-corrected chi connectivity index (χ0v) is 11.8. The van der Waals surface area contributed by atoms with E-state index >= 15 is 0 Å². The highest BCUT2D eigenvalue weighted by molar-refractivity contribution is 5.82. The van der Waals surface area contributed by atoms with E-state index in [-0.39, 0.29) is 18.3 Å². The van der Waals surface area contributed by atoms with E-state index in [9.17, 15) is 14.0 Å². The summed E-state index contributed by atoms with van der Waals surface area (Å²) in [6, 6.07) is 5.71. The molecule has 0 aliphatic heterocycles. The van der Waals surface area contributed by atoms with Crippen LogP contribution in [0.25, 0.3) is 0 Å². The highest BCUT2D eigenvalue weighted by Gasteiger charge is 2.24. The summed E-state index contributed by atoms with van der Waals surface area (Å²) in [6.07, 6.45) is 2.78. The summed E-state index contributed by atoms with van der Waals surface area (Å²) in [6.45, 7) is 5.08. The Kier molecular flexibility index (Phi) is 5.43. The standard InChI is InChI=1S/C15H18FNO3/c1-4-20-14(19)9-10-15(3,17-11(2)18)12-5-7-13(16)8-6-12/h5-10H,4H2,1-3H3,(H,17,18)/b10-9+. The summed E-state index contributed by atoms with van der Waals surface area (Å²) in [5, 5.41) is 2.73. The summed E-state index contributed by atoms with van der Waals surface area (Å²) in [5.74, 6) is -1.12. The number of hydrogen-bond acceptors (Lipinski definition) is 3. The first-order valence-corrected chi connectivity index (χ1v) is 6.28. The van der Waals surface area contributed by atoms with E-state index in [0.29, 0.717) is 5.56 Å². The van der Waals surface area contributed by atoms with E-state index < -0.39 is 11.5 Å². The van der Waals surface area contributed by atoms with Gasteiger partial charge in [0.1, 0.15) is 5.82 Å². The first-order valence-electron chi connectivity index (χ1n) is 6.28. The molecule has 0 bridgehead atoms. The summed E-state index contributed by atoms with van der Waals surface area (Å²) in [4.78, 5) is 22.7. The van der Waals surface area contributed by atoms with Gasteiger partial charge in [-0.2, -0.15) is 0 Å². The Balaban J connectivity index is 3.05. The molecule has 0 spiro atoms. The number of benzene rings is 1. The van der Waals surface area contributed by atoms with E-state index in [1.807, 2.05) is 0 Å². The van der Waals surface area contributed by atoms with Crippen molar-refractivity contribution in [2.75, 3.05) is 6.61 Å². The molecule has 0 heterocycles. The Hall–Kier alpha value is -2.17. The van der Waals surface area contributed by atoms with Crippen molar-refractivity contribution >= 4 is 11.9 Å². The second-order valence-corrected chi connectivity index (χ2v) is 4.48. The Labute approximate surface area is 117 Å². The van der Waals surface area contributed by atoms with Crippen LogP contribution in [0.1, 0.15) is 26.3 Å². The minimum atomic E-state index is -0.910. The molecule has 1 amide bonds. The number of ether oxygens (including phenoxy) is 1. The van der Waals surface area contributed by atoms with Gasteiger partial charge in [0.05, 0.1) is 12.1 Å². The molecule has 5 heteroatoms. The summed E-state index contributed by atoms with van der Waals surface area (Å²) in [5.41, 5.74) is -0.249. The average Bonchev–Trinajstić information content (AvgIpc) is 2.37. The van der Waals surface area contributed by atoms with Crippen LogP contribution in [0.2, 0.25) is 0 Å². The Morgan fingerprint density at radius 1 is 1.35 bits per heavy atom. The maximum atomic E-state index is 13.0. The van der Waals surface area contributed by atoms with Crippen LogP contribution in [0.15, 0.2) is 36.4 Å². The van der Waals surface area contributed by atoms with Crippen molar-refractivity contribution in [2.45, 2.75) is 26.3 Å². The molecule has 108 valence electrons. The molecule has 0 radical (unpaired) electrons. The molecule has 0 aliphatic carbocycles. The number of esters is 1. The first-order chi connectivity index (χ1) is 9.37. The Morgan fingerprint density at radius 3 is 2.45 bits per heavy atom. The van der Waals surface area contributed by atoms with Crippen molar-refractivity contribution in [3.05, 3.63) is 47.8 Å². The molecule has 1 unspecified atom stereocenters. The smallest absolute Gasteiger partial charge is 0.330 e. The fraction of sp³-hybridized carbons (Fsp3) is 0.333. The normalized spacial score (nSPS) is 13.8. The quantitative estimate of drug-likeness (QED) is 0.664. The fourth-order valence-corrected chi connectivity index (χ4v) is 1.80. The molecule has 20 heavy (non-hydrogen) atoms. The van der Waals surface area contributed by atoms with Gasteiger partial charge in [0.25, 0.3) is 0 Å². The van der Waals surface area contributed by atoms with Crippen LogP contribution in [0.5, 0.6) is 0 Å². The van der Waals surface area contributed by atoms with Gasteiger partial charge in [0.15, 0.2) is 0 Å². The molecule has 1 N–H and O–H groups in total. The van der Waals surface area contributed by atoms with Crippen molar-refractivity contribution < 1.29 is 18.7 Å². The number of rotatable bonds is 5. The summed E-state index contributed by atoms with van der Waals surface area (Å²) < 4.78 is 17.8. The van der Waals surface area contributed by atoms with Crippen LogP contribution < -0.4 is 5.32 Å². The third kappa shape index (κ3) is 4.50. The average molecular weight is 279 g/mol. The van der Waals surface area contributed by atoms with Gasteiger partial charge in [0.2, 0.25) is 5.91 Å². The third-order valence-electron chi connectivity index (χ3n) is 2.72. The van der Waals surface area contributed by atoms with Crippen molar-refractivity contribution in [1.29, 1.82) is 0 Å². The van der Waals surface area contributed by atoms with E-state index in [2.05, 4.69) is 5.32 Å². The molecule has 1 aromatic carbocycles. The van der Waals surface area contributed by atoms with Crippen molar-refractivity contribution in [3.63, 3.8) is 0 Å². The van der Waals surface area contributed by atoms with E-state index in [1.54, 1.807) is 26.0 Å². The number of halogens is 1. The molecular formula is C15H18FNO3. The van der Waals surface area contributed by atoms with Crippen LogP contribution in [0.3, 0.4) is 0 Å². The summed E-state index contributed by atoms with van der Waals surface area (Å²) >= 11 is 0. The minimum Gasteiger partial charge on any atom is -0.463 e. The van der Waals surface area contributed by atoms with E-state index in [4.69, 9.17) is 4.74 Å². The fourth-order valence-electron chi connectivity index (χ4n) is 1.80. The lowest BCUT2D eigenvalue weighted by Crippen LogP contribution is -2.40. The predicted octanol–water partition coefficient (Wildman–Crippen LogP) is 2.30. The second kappa shape index (κ2) is 6.84. The van der Waals surface area contributed by atoms with Crippen LogP contribution in [-0.2, 0) is 19.9 Å².